The lowest BCUT2D eigenvalue weighted by atomic mass is 10.0. The summed E-state index contributed by atoms with van der Waals surface area (Å²) >= 11 is 2.01. The van der Waals surface area contributed by atoms with Crippen LogP contribution in [0.5, 0.6) is 0 Å². The molecule has 3 nitrogen and oxygen atoms in total. The van der Waals surface area contributed by atoms with Crippen molar-refractivity contribution in [3.05, 3.63) is 22.6 Å². The van der Waals surface area contributed by atoms with Crippen LogP contribution in [0.4, 0.5) is 0 Å². The van der Waals surface area contributed by atoms with Crippen LogP contribution >= 0.6 is 11.8 Å². The SMILES string of the molecule is CCCCC(SCC)c1oc(CCCCCCCCC(=O)O)c(C)c1C. The molecule has 4 heteroatoms. The molecule has 0 saturated heterocycles. The van der Waals surface area contributed by atoms with E-state index in [2.05, 4.69) is 27.7 Å². The first kappa shape index (κ1) is 23.1. The van der Waals surface area contributed by atoms with E-state index in [0.717, 1.165) is 37.9 Å². The second-order valence-corrected chi connectivity index (χ2v) is 8.72. The largest absolute Gasteiger partial charge is 0.481 e. The lowest BCUT2D eigenvalue weighted by Crippen LogP contribution is -1.95. The zero-order valence-corrected chi connectivity index (χ0v) is 18.1. The molecular weight excluding hydrogens is 344 g/mol. The van der Waals surface area contributed by atoms with Crippen molar-refractivity contribution in [3.8, 4) is 0 Å². The molecule has 0 aliphatic rings. The van der Waals surface area contributed by atoms with Crippen LogP contribution in [0.3, 0.4) is 0 Å². The first-order valence-electron chi connectivity index (χ1n) is 10.4. The Bertz CT molecular complexity index is 522. The van der Waals surface area contributed by atoms with Gasteiger partial charge in [0.05, 0.1) is 5.25 Å². The molecule has 1 N–H and O–H groups in total. The predicted molar refractivity (Wildman–Crippen MR) is 112 cm³/mol. The minimum Gasteiger partial charge on any atom is -0.481 e. The van der Waals surface area contributed by atoms with Crippen molar-refractivity contribution in [2.45, 2.75) is 104 Å². The number of carboxylic acids is 1. The van der Waals surface area contributed by atoms with Crippen molar-refractivity contribution >= 4 is 17.7 Å². The molecule has 0 aliphatic carbocycles. The van der Waals surface area contributed by atoms with Gasteiger partial charge in [-0.15, -0.1) is 0 Å². The molecule has 0 aromatic carbocycles. The van der Waals surface area contributed by atoms with Gasteiger partial charge in [-0.2, -0.15) is 11.8 Å². The van der Waals surface area contributed by atoms with Crippen molar-refractivity contribution in [2.75, 3.05) is 5.75 Å². The highest BCUT2D eigenvalue weighted by Gasteiger charge is 2.21. The molecule has 0 saturated carbocycles. The van der Waals surface area contributed by atoms with Crippen molar-refractivity contribution in [1.29, 1.82) is 0 Å². The Morgan fingerprint density at radius 2 is 1.65 bits per heavy atom. The van der Waals surface area contributed by atoms with Crippen molar-refractivity contribution < 1.29 is 14.3 Å². The Balaban J connectivity index is 2.44. The van der Waals surface area contributed by atoms with Gasteiger partial charge in [0.1, 0.15) is 11.5 Å². The molecule has 1 aromatic rings. The Hall–Kier alpha value is -0.900. The fourth-order valence-corrected chi connectivity index (χ4v) is 4.49. The average molecular weight is 383 g/mol. The molecule has 26 heavy (non-hydrogen) atoms. The first-order chi connectivity index (χ1) is 12.5. The number of aryl methyl sites for hydroxylation is 1. The normalized spacial score (nSPS) is 12.5. The van der Waals surface area contributed by atoms with Crippen LogP contribution in [-0.4, -0.2) is 16.8 Å². The standard InChI is InChI=1S/C22H38O3S/c1-5-7-15-20(26-6-2)22-18(4)17(3)19(25-22)14-12-10-8-9-11-13-16-21(23)24/h20H,5-16H2,1-4H3,(H,23,24). The summed E-state index contributed by atoms with van der Waals surface area (Å²) in [6.07, 6.45) is 11.6. The van der Waals surface area contributed by atoms with Gasteiger partial charge in [-0.3, -0.25) is 4.79 Å². The van der Waals surface area contributed by atoms with Gasteiger partial charge in [0.15, 0.2) is 0 Å². The Labute approximate surface area is 164 Å². The van der Waals surface area contributed by atoms with Crippen LogP contribution in [0.2, 0.25) is 0 Å². The molecule has 150 valence electrons. The summed E-state index contributed by atoms with van der Waals surface area (Å²) < 4.78 is 6.34. The summed E-state index contributed by atoms with van der Waals surface area (Å²) in [5, 5.41) is 9.14. The molecule has 1 heterocycles. The Morgan fingerprint density at radius 3 is 2.27 bits per heavy atom. The van der Waals surface area contributed by atoms with Crippen molar-refractivity contribution in [3.63, 3.8) is 0 Å². The van der Waals surface area contributed by atoms with Crippen LogP contribution in [0.25, 0.3) is 0 Å². The maximum Gasteiger partial charge on any atom is 0.303 e. The molecular formula is C22H38O3S. The van der Waals surface area contributed by atoms with Gasteiger partial charge in [0.2, 0.25) is 0 Å². The van der Waals surface area contributed by atoms with E-state index in [0.29, 0.717) is 11.7 Å². The number of hydrogen-bond acceptors (Lipinski definition) is 3. The number of carbonyl (C=O) groups is 1. The Morgan fingerprint density at radius 1 is 1.00 bits per heavy atom. The Kier molecular flexibility index (Phi) is 11.8. The third kappa shape index (κ3) is 8.20. The van der Waals surface area contributed by atoms with Crippen LogP contribution in [0.1, 0.15) is 106 Å². The predicted octanol–water partition coefficient (Wildman–Crippen LogP) is 7.24. The molecule has 0 radical (unpaired) electrons. The summed E-state index contributed by atoms with van der Waals surface area (Å²) in [6, 6.07) is 0. The van der Waals surface area contributed by atoms with Crippen molar-refractivity contribution in [1.82, 2.24) is 0 Å². The van der Waals surface area contributed by atoms with Gasteiger partial charge in [0, 0.05) is 12.8 Å². The third-order valence-electron chi connectivity index (χ3n) is 5.11. The zero-order chi connectivity index (χ0) is 19.4. The van der Waals surface area contributed by atoms with Gasteiger partial charge >= 0.3 is 5.97 Å². The molecule has 1 atom stereocenters. The van der Waals surface area contributed by atoms with Crippen molar-refractivity contribution in [2.24, 2.45) is 0 Å². The van der Waals surface area contributed by atoms with E-state index in [-0.39, 0.29) is 0 Å². The number of thioether (sulfide) groups is 1. The van der Waals surface area contributed by atoms with E-state index >= 15 is 0 Å². The maximum absolute atomic E-state index is 10.5. The molecule has 0 aliphatic heterocycles. The first-order valence-corrected chi connectivity index (χ1v) is 11.5. The highest BCUT2D eigenvalue weighted by molar-refractivity contribution is 7.99. The highest BCUT2D eigenvalue weighted by atomic mass is 32.2. The van der Waals surface area contributed by atoms with E-state index in [1.54, 1.807) is 0 Å². The summed E-state index contributed by atoms with van der Waals surface area (Å²) in [5.41, 5.74) is 2.70. The zero-order valence-electron chi connectivity index (χ0n) is 17.2. The number of unbranched alkanes of at least 4 members (excludes halogenated alkanes) is 6. The molecule has 0 spiro atoms. The lowest BCUT2D eigenvalue weighted by molar-refractivity contribution is -0.137. The lowest BCUT2D eigenvalue weighted by Gasteiger charge is -2.14. The summed E-state index contributed by atoms with van der Waals surface area (Å²) in [7, 11) is 0. The van der Waals surface area contributed by atoms with Crippen LogP contribution in [0, 0.1) is 13.8 Å². The van der Waals surface area contributed by atoms with E-state index in [1.165, 1.54) is 54.8 Å². The summed E-state index contributed by atoms with van der Waals surface area (Å²) in [4.78, 5) is 10.5. The van der Waals surface area contributed by atoms with Gasteiger partial charge < -0.3 is 9.52 Å². The topological polar surface area (TPSA) is 50.4 Å². The maximum atomic E-state index is 10.5. The monoisotopic (exact) mass is 382 g/mol. The minimum absolute atomic E-state index is 0.308. The number of furan rings is 1. The molecule has 0 bridgehead atoms. The second-order valence-electron chi connectivity index (χ2n) is 7.24. The summed E-state index contributed by atoms with van der Waals surface area (Å²) in [5.74, 6) is 2.85. The van der Waals surface area contributed by atoms with E-state index < -0.39 is 5.97 Å². The fourth-order valence-electron chi connectivity index (χ4n) is 3.38. The molecule has 1 aromatic heterocycles. The molecule has 0 amide bonds. The van der Waals surface area contributed by atoms with Crippen LogP contribution in [0.15, 0.2) is 4.42 Å². The number of carboxylic acid groups (broad SMARTS) is 1. The van der Waals surface area contributed by atoms with Crippen LogP contribution < -0.4 is 0 Å². The number of hydrogen-bond donors (Lipinski definition) is 1. The minimum atomic E-state index is -0.678. The van der Waals surface area contributed by atoms with E-state index in [9.17, 15) is 4.79 Å². The number of aliphatic carboxylic acids is 1. The molecule has 0 fully saturated rings. The second kappa shape index (κ2) is 13.3. The average Bonchev–Trinajstić information content (AvgIpc) is 2.89. The van der Waals surface area contributed by atoms with Gasteiger partial charge in [-0.1, -0.05) is 52.4 Å². The fraction of sp³-hybridized carbons (Fsp3) is 0.773. The van der Waals surface area contributed by atoms with E-state index in [1.807, 2.05) is 11.8 Å². The molecule has 1 unspecified atom stereocenters. The highest BCUT2D eigenvalue weighted by Crippen LogP contribution is 2.38. The van der Waals surface area contributed by atoms with E-state index in [4.69, 9.17) is 9.52 Å². The number of rotatable bonds is 15. The van der Waals surface area contributed by atoms with Gasteiger partial charge in [-0.05, 0) is 50.0 Å². The summed E-state index contributed by atoms with van der Waals surface area (Å²) in [6.45, 7) is 8.90. The smallest absolute Gasteiger partial charge is 0.303 e. The van der Waals surface area contributed by atoms with Crippen LogP contribution in [-0.2, 0) is 11.2 Å². The van der Waals surface area contributed by atoms with Gasteiger partial charge in [-0.25, -0.2) is 0 Å². The third-order valence-corrected chi connectivity index (χ3v) is 6.29. The quantitative estimate of drug-likeness (QED) is 0.325. The van der Waals surface area contributed by atoms with Gasteiger partial charge in [0.25, 0.3) is 0 Å². The molecule has 1 rings (SSSR count).